The summed E-state index contributed by atoms with van der Waals surface area (Å²) in [6.45, 7) is 0.148. The van der Waals surface area contributed by atoms with Crippen LogP contribution in [0.25, 0.3) is 22.5 Å². The average Bonchev–Trinajstić information content (AvgIpc) is 3.36. The van der Waals surface area contributed by atoms with Crippen LogP contribution in [0.2, 0.25) is 5.02 Å². The van der Waals surface area contributed by atoms with Crippen molar-refractivity contribution in [3.8, 4) is 28.5 Å². The van der Waals surface area contributed by atoms with Gasteiger partial charge in [0.2, 0.25) is 5.16 Å². The minimum absolute atomic E-state index is 0.148. The number of hydrogen-bond acceptors (Lipinski definition) is 7. The minimum Gasteiger partial charge on any atom is -0.454 e. The van der Waals surface area contributed by atoms with Crippen LogP contribution in [-0.4, -0.2) is 30.4 Å². The van der Waals surface area contributed by atoms with Crippen LogP contribution in [-0.2, 0) is 12.4 Å². The number of rotatable bonds is 8. The molecule has 0 radical (unpaired) electrons. The molecule has 168 valence electrons. The summed E-state index contributed by atoms with van der Waals surface area (Å²) in [7, 11) is 0. The SMILES string of the molecule is Clc1ccc(CSc2n[nH]c(COc3nnc(-c4ccccc4)c(-c4ccccc4)n3)n2)cc1. The van der Waals surface area contributed by atoms with Crippen LogP contribution in [0.1, 0.15) is 11.4 Å². The van der Waals surface area contributed by atoms with E-state index in [-0.39, 0.29) is 12.6 Å². The Morgan fingerprint density at radius 1 is 0.765 bits per heavy atom. The van der Waals surface area contributed by atoms with Gasteiger partial charge in [-0.05, 0) is 17.7 Å². The second-order valence-corrected chi connectivity index (χ2v) is 8.67. The lowest BCUT2D eigenvalue weighted by molar-refractivity contribution is 0.268. The molecule has 7 nitrogen and oxygen atoms in total. The Hall–Kier alpha value is -3.75. The molecule has 0 unspecified atom stereocenters. The van der Waals surface area contributed by atoms with Gasteiger partial charge in [0.25, 0.3) is 0 Å². The van der Waals surface area contributed by atoms with Crippen molar-refractivity contribution in [2.75, 3.05) is 0 Å². The molecule has 2 aromatic heterocycles. The highest BCUT2D eigenvalue weighted by atomic mass is 35.5. The molecule has 0 aliphatic rings. The Morgan fingerprint density at radius 3 is 2.15 bits per heavy atom. The van der Waals surface area contributed by atoms with E-state index in [1.807, 2.05) is 84.9 Å². The van der Waals surface area contributed by atoms with E-state index >= 15 is 0 Å². The van der Waals surface area contributed by atoms with E-state index in [2.05, 4.69) is 30.4 Å². The van der Waals surface area contributed by atoms with Gasteiger partial charge in [0, 0.05) is 21.9 Å². The molecule has 0 aliphatic heterocycles. The Bertz CT molecular complexity index is 1360. The fraction of sp³-hybridized carbons (Fsp3) is 0.0800. The molecule has 0 saturated heterocycles. The van der Waals surface area contributed by atoms with Crippen molar-refractivity contribution in [3.05, 3.63) is 101 Å². The summed E-state index contributed by atoms with van der Waals surface area (Å²) in [5.41, 5.74) is 4.41. The molecule has 0 saturated carbocycles. The first-order valence-corrected chi connectivity index (χ1v) is 11.9. The average molecular weight is 487 g/mol. The van der Waals surface area contributed by atoms with Crippen molar-refractivity contribution >= 4 is 23.4 Å². The predicted octanol–water partition coefficient (Wildman–Crippen LogP) is 5.85. The lowest BCUT2D eigenvalue weighted by Crippen LogP contribution is -2.05. The van der Waals surface area contributed by atoms with E-state index in [1.165, 1.54) is 11.8 Å². The molecule has 0 aliphatic carbocycles. The van der Waals surface area contributed by atoms with E-state index in [0.717, 1.165) is 27.5 Å². The first kappa shape index (κ1) is 22.1. The van der Waals surface area contributed by atoms with Crippen molar-refractivity contribution in [1.29, 1.82) is 0 Å². The number of H-pyrrole nitrogens is 1. The van der Waals surface area contributed by atoms with Crippen LogP contribution in [0, 0.1) is 0 Å². The lowest BCUT2D eigenvalue weighted by atomic mass is 10.0. The molecule has 0 bridgehead atoms. The maximum Gasteiger partial charge on any atom is 0.336 e. The van der Waals surface area contributed by atoms with E-state index in [9.17, 15) is 0 Å². The molecule has 2 heterocycles. The van der Waals surface area contributed by atoms with Gasteiger partial charge in [-0.1, -0.05) is 101 Å². The number of aromatic nitrogens is 6. The van der Waals surface area contributed by atoms with Gasteiger partial charge in [0.05, 0.1) is 0 Å². The highest BCUT2D eigenvalue weighted by molar-refractivity contribution is 7.98. The summed E-state index contributed by atoms with van der Waals surface area (Å²) < 4.78 is 5.79. The molecule has 0 amide bonds. The third-order valence-corrected chi connectivity index (χ3v) is 6.06. The van der Waals surface area contributed by atoms with Crippen molar-refractivity contribution in [1.82, 2.24) is 30.4 Å². The Balaban J connectivity index is 1.29. The summed E-state index contributed by atoms with van der Waals surface area (Å²) in [6.07, 6.45) is 0. The van der Waals surface area contributed by atoms with E-state index < -0.39 is 0 Å². The summed E-state index contributed by atoms with van der Waals surface area (Å²) in [5, 5.41) is 17.1. The highest BCUT2D eigenvalue weighted by Crippen LogP contribution is 2.29. The van der Waals surface area contributed by atoms with Crippen LogP contribution in [0.15, 0.2) is 90.1 Å². The minimum atomic E-state index is 0.148. The molecule has 5 rings (SSSR count). The Morgan fingerprint density at radius 2 is 1.44 bits per heavy atom. The third kappa shape index (κ3) is 5.41. The number of thioether (sulfide) groups is 1. The second-order valence-electron chi connectivity index (χ2n) is 7.29. The quantitative estimate of drug-likeness (QED) is 0.275. The van der Waals surface area contributed by atoms with Gasteiger partial charge in [-0.15, -0.1) is 10.2 Å². The monoisotopic (exact) mass is 486 g/mol. The summed E-state index contributed by atoms with van der Waals surface area (Å²) in [5.74, 6) is 1.32. The smallest absolute Gasteiger partial charge is 0.336 e. The zero-order valence-corrected chi connectivity index (χ0v) is 19.5. The predicted molar refractivity (Wildman–Crippen MR) is 132 cm³/mol. The van der Waals surface area contributed by atoms with Gasteiger partial charge in [-0.2, -0.15) is 4.98 Å². The van der Waals surface area contributed by atoms with Crippen molar-refractivity contribution in [3.63, 3.8) is 0 Å². The van der Waals surface area contributed by atoms with E-state index in [0.29, 0.717) is 22.4 Å². The normalized spacial score (nSPS) is 10.9. The third-order valence-electron chi connectivity index (χ3n) is 4.89. The number of ether oxygens (including phenoxy) is 1. The topological polar surface area (TPSA) is 89.5 Å². The molecule has 0 atom stereocenters. The van der Waals surface area contributed by atoms with E-state index in [1.54, 1.807) is 0 Å². The molecular formula is C25H19ClN6OS. The van der Waals surface area contributed by atoms with Gasteiger partial charge in [0.15, 0.2) is 12.4 Å². The first-order valence-electron chi connectivity index (χ1n) is 10.5. The van der Waals surface area contributed by atoms with Crippen LogP contribution >= 0.6 is 23.4 Å². The largest absolute Gasteiger partial charge is 0.454 e. The molecule has 1 N–H and O–H groups in total. The zero-order valence-electron chi connectivity index (χ0n) is 17.9. The van der Waals surface area contributed by atoms with Gasteiger partial charge < -0.3 is 4.74 Å². The zero-order chi connectivity index (χ0) is 23.2. The van der Waals surface area contributed by atoms with Crippen LogP contribution in [0.4, 0.5) is 0 Å². The maximum absolute atomic E-state index is 5.94. The fourth-order valence-electron chi connectivity index (χ4n) is 3.23. The number of nitrogens with zero attached hydrogens (tertiary/aromatic N) is 5. The molecule has 9 heteroatoms. The highest BCUT2D eigenvalue weighted by Gasteiger charge is 2.15. The molecular weight excluding hydrogens is 468 g/mol. The Kier molecular flexibility index (Phi) is 6.78. The maximum atomic E-state index is 5.94. The lowest BCUT2D eigenvalue weighted by Gasteiger charge is -2.09. The van der Waals surface area contributed by atoms with Crippen LogP contribution in [0.3, 0.4) is 0 Å². The van der Waals surface area contributed by atoms with Gasteiger partial charge in [0.1, 0.15) is 11.4 Å². The molecule has 34 heavy (non-hydrogen) atoms. The molecule has 0 spiro atoms. The van der Waals surface area contributed by atoms with Gasteiger partial charge in [-0.25, -0.2) is 4.98 Å². The first-order chi connectivity index (χ1) is 16.7. The summed E-state index contributed by atoms with van der Waals surface area (Å²) in [4.78, 5) is 9.12. The standard InChI is InChI=1S/C25H19ClN6OS/c26-20-13-11-17(12-14-20)16-34-25-27-21(29-32-25)15-33-24-28-22(18-7-3-1-4-8-18)23(30-31-24)19-9-5-2-6-10-19/h1-14H,15-16H2,(H,27,29,32). The van der Waals surface area contributed by atoms with Crippen molar-refractivity contribution in [2.45, 2.75) is 17.5 Å². The second kappa shape index (κ2) is 10.5. The molecule has 0 fully saturated rings. The van der Waals surface area contributed by atoms with Crippen molar-refractivity contribution in [2.24, 2.45) is 0 Å². The van der Waals surface area contributed by atoms with E-state index in [4.69, 9.17) is 16.3 Å². The number of hydrogen-bond donors (Lipinski definition) is 1. The fourth-order valence-corrected chi connectivity index (χ4v) is 4.13. The van der Waals surface area contributed by atoms with Gasteiger partial charge in [-0.3, -0.25) is 5.10 Å². The summed E-state index contributed by atoms with van der Waals surface area (Å²) >= 11 is 7.46. The van der Waals surface area contributed by atoms with Crippen LogP contribution in [0.5, 0.6) is 6.01 Å². The van der Waals surface area contributed by atoms with Crippen molar-refractivity contribution < 1.29 is 4.74 Å². The number of aromatic amines is 1. The molecule has 5 aromatic rings. The Labute approximate surface area is 205 Å². The van der Waals surface area contributed by atoms with Crippen LogP contribution < -0.4 is 4.74 Å². The number of benzene rings is 3. The number of nitrogens with one attached hydrogen (secondary N) is 1. The molecule has 3 aromatic carbocycles. The number of halogens is 1. The summed E-state index contributed by atoms with van der Waals surface area (Å²) in [6, 6.07) is 27.6. The van der Waals surface area contributed by atoms with Gasteiger partial charge >= 0.3 is 6.01 Å².